The molecule has 10 unspecified atom stereocenters. The number of unbranched alkanes of at least 4 members (excludes halogenated alkanes) is 2. The molecule has 33 heavy (non-hydrogen) atoms. The summed E-state index contributed by atoms with van der Waals surface area (Å²) in [5.41, 5.74) is 0. The van der Waals surface area contributed by atoms with Gasteiger partial charge in [-0.1, -0.05) is 59.8 Å². The van der Waals surface area contributed by atoms with Crippen LogP contribution < -0.4 is 0 Å². The van der Waals surface area contributed by atoms with Gasteiger partial charge in [0.2, 0.25) is 0 Å². The van der Waals surface area contributed by atoms with E-state index in [1.165, 1.54) is 0 Å². The molecule has 2 aliphatic heterocycles. The molecule has 12 atom stereocenters. The van der Waals surface area contributed by atoms with Gasteiger partial charge in [0, 0.05) is 5.92 Å². The van der Waals surface area contributed by atoms with Crippen LogP contribution in [-0.4, -0.2) is 99.0 Å². The second kappa shape index (κ2) is 13.7. The maximum absolute atomic E-state index is 10.8. The molecule has 6 N–H and O–H groups in total. The van der Waals surface area contributed by atoms with Crippen LogP contribution in [0, 0.1) is 17.8 Å². The van der Waals surface area contributed by atoms with Crippen molar-refractivity contribution in [3.63, 3.8) is 0 Å². The number of hydrogen-bond donors (Lipinski definition) is 6. The minimum Gasteiger partial charge on any atom is -0.394 e. The summed E-state index contributed by atoms with van der Waals surface area (Å²) in [7, 11) is 0. The SMILES string of the molecule is CCCC[C@@H](C)C1OC(CO)C(OC2OC(CO)C([C@H](C)CCCC)C(O)C2O)C(O)C1O. The van der Waals surface area contributed by atoms with E-state index in [9.17, 15) is 30.6 Å². The summed E-state index contributed by atoms with van der Waals surface area (Å²) in [6.07, 6.45) is -4.64. The Kier molecular flexibility index (Phi) is 11.9. The molecule has 196 valence electrons. The second-order valence-electron chi connectivity index (χ2n) is 9.93. The van der Waals surface area contributed by atoms with Crippen LogP contribution in [0.1, 0.15) is 66.2 Å². The molecule has 2 rings (SSSR count). The minimum absolute atomic E-state index is 0.00804. The summed E-state index contributed by atoms with van der Waals surface area (Å²) in [4.78, 5) is 0. The number of rotatable bonds is 12. The molecule has 2 saturated heterocycles. The van der Waals surface area contributed by atoms with Gasteiger partial charge in [0.1, 0.15) is 30.5 Å². The maximum Gasteiger partial charge on any atom is 0.187 e. The molecule has 9 heteroatoms. The molecule has 0 aliphatic carbocycles. The van der Waals surface area contributed by atoms with Crippen molar-refractivity contribution < 1.29 is 44.8 Å². The van der Waals surface area contributed by atoms with Gasteiger partial charge >= 0.3 is 0 Å². The molecular weight excluding hydrogens is 432 g/mol. The van der Waals surface area contributed by atoms with Crippen LogP contribution in [0.5, 0.6) is 0 Å². The first-order chi connectivity index (χ1) is 15.7. The Bertz CT molecular complexity index is 546. The molecule has 0 radical (unpaired) electrons. The Labute approximate surface area is 197 Å². The molecule has 9 nitrogen and oxygen atoms in total. The maximum atomic E-state index is 10.8. The third-order valence-electron chi connectivity index (χ3n) is 7.38. The molecule has 0 saturated carbocycles. The summed E-state index contributed by atoms with van der Waals surface area (Å²) in [6, 6.07) is 0. The summed E-state index contributed by atoms with van der Waals surface area (Å²) < 4.78 is 17.6. The second-order valence-corrected chi connectivity index (χ2v) is 9.93. The number of aliphatic hydroxyl groups is 6. The fraction of sp³-hybridized carbons (Fsp3) is 1.00. The van der Waals surface area contributed by atoms with Crippen molar-refractivity contribution >= 4 is 0 Å². The molecule has 2 heterocycles. The van der Waals surface area contributed by atoms with Gasteiger partial charge in [-0.3, -0.25) is 0 Å². The number of aliphatic hydroxyl groups excluding tert-OH is 6. The number of ether oxygens (including phenoxy) is 3. The molecule has 0 amide bonds. The van der Waals surface area contributed by atoms with Crippen LogP contribution in [0.4, 0.5) is 0 Å². The first-order valence-electron chi connectivity index (χ1n) is 12.6. The van der Waals surface area contributed by atoms with Crippen molar-refractivity contribution in [2.45, 2.75) is 121 Å². The lowest BCUT2D eigenvalue weighted by Gasteiger charge is -2.48. The van der Waals surface area contributed by atoms with Gasteiger partial charge in [-0.05, 0) is 18.3 Å². The average Bonchev–Trinajstić information content (AvgIpc) is 2.81. The standard InChI is InChI=1S/C24H46O9/c1-5-7-9-13(3)17-15(11-25)32-24(21(30)18(17)27)33-23-16(12-26)31-22(19(28)20(23)29)14(4)10-8-6-2/h13-30H,5-12H2,1-4H3/t13-,14-,15?,16?,17?,18?,19?,20?,21?,22?,23?,24?/m1/s1. The van der Waals surface area contributed by atoms with Crippen LogP contribution >= 0.6 is 0 Å². The number of hydrogen-bond acceptors (Lipinski definition) is 9. The van der Waals surface area contributed by atoms with Gasteiger partial charge in [-0.15, -0.1) is 0 Å². The van der Waals surface area contributed by atoms with Crippen molar-refractivity contribution in [3.8, 4) is 0 Å². The third kappa shape index (κ3) is 6.86. The Morgan fingerprint density at radius 3 is 1.85 bits per heavy atom. The summed E-state index contributed by atoms with van der Waals surface area (Å²) in [6.45, 7) is 7.21. The zero-order chi connectivity index (χ0) is 24.7. The zero-order valence-corrected chi connectivity index (χ0v) is 20.5. The fourth-order valence-electron chi connectivity index (χ4n) is 5.25. The molecule has 0 aromatic rings. The Morgan fingerprint density at radius 1 is 0.727 bits per heavy atom. The van der Waals surface area contributed by atoms with Crippen LogP contribution in [0.15, 0.2) is 0 Å². The molecular formula is C24H46O9. The van der Waals surface area contributed by atoms with E-state index in [4.69, 9.17) is 14.2 Å². The highest BCUT2D eigenvalue weighted by atomic mass is 16.7. The van der Waals surface area contributed by atoms with Crippen LogP contribution in [-0.2, 0) is 14.2 Å². The predicted molar refractivity (Wildman–Crippen MR) is 121 cm³/mol. The summed E-state index contributed by atoms with van der Waals surface area (Å²) >= 11 is 0. The molecule has 2 aliphatic rings. The van der Waals surface area contributed by atoms with Crippen LogP contribution in [0.3, 0.4) is 0 Å². The normalized spacial score (nSPS) is 41.6. The molecule has 0 bridgehead atoms. The topological polar surface area (TPSA) is 149 Å². The lowest BCUT2D eigenvalue weighted by Crippen LogP contribution is -2.64. The fourth-order valence-corrected chi connectivity index (χ4v) is 5.25. The molecule has 2 fully saturated rings. The Hall–Kier alpha value is -0.360. The van der Waals surface area contributed by atoms with Crippen molar-refractivity contribution in [1.82, 2.24) is 0 Å². The molecule has 0 spiro atoms. The largest absolute Gasteiger partial charge is 0.394 e. The zero-order valence-electron chi connectivity index (χ0n) is 20.5. The van der Waals surface area contributed by atoms with Gasteiger partial charge in [-0.25, -0.2) is 0 Å². The summed E-state index contributed by atoms with van der Waals surface area (Å²) in [5.74, 6) is -0.507. The van der Waals surface area contributed by atoms with Gasteiger partial charge in [0.25, 0.3) is 0 Å². The van der Waals surface area contributed by atoms with Gasteiger partial charge in [-0.2, -0.15) is 0 Å². The van der Waals surface area contributed by atoms with Crippen molar-refractivity contribution in [1.29, 1.82) is 0 Å². The van der Waals surface area contributed by atoms with Crippen molar-refractivity contribution in [2.75, 3.05) is 13.2 Å². The van der Waals surface area contributed by atoms with E-state index in [-0.39, 0.29) is 18.4 Å². The Balaban J connectivity index is 2.12. The highest BCUT2D eigenvalue weighted by Crippen LogP contribution is 2.37. The van der Waals surface area contributed by atoms with Gasteiger partial charge in [0.05, 0.1) is 31.5 Å². The third-order valence-corrected chi connectivity index (χ3v) is 7.38. The van der Waals surface area contributed by atoms with E-state index in [0.717, 1.165) is 38.5 Å². The molecule has 0 aromatic heterocycles. The smallest absolute Gasteiger partial charge is 0.187 e. The van der Waals surface area contributed by atoms with Crippen molar-refractivity contribution in [3.05, 3.63) is 0 Å². The van der Waals surface area contributed by atoms with E-state index < -0.39 is 67.6 Å². The van der Waals surface area contributed by atoms with Gasteiger partial charge in [0.15, 0.2) is 6.29 Å². The monoisotopic (exact) mass is 478 g/mol. The molecule has 0 aromatic carbocycles. The first-order valence-corrected chi connectivity index (χ1v) is 12.6. The highest BCUT2D eigenvalue weighted by Gasteiger charge is 2.51. The van der Waals surface area contributed by atoms with E-state index in [1.54, 1.807) is 0 Å². The van der Waals surface area contributed by atoms with Gasteiger partial charge < -0.3 is 44.8 Å². The minimum atomic E-state index is -1.42. The van der Waals surface area contributed by atoms with Crippen LogP contribution in [0.25, 0.3) is 0 Å². The summed E-state index contributed by atoms with van der Waals surface area (Å²) in [5, 5.41) is 62.9. The first kappa shape index (κ1) is 28.9. The highest BCUT2D eigenvalue weighted by molar-refractivity contribution is 4.97. The van der Waals surface area contributed by atoms with E-state index in [1.807, 2.05) is 13.8 Å². The van der Waals surface area contributed by atoms with Crippen LogP contribution in [0.2, 0.25) is 0 Å². The van der Waals surface area contributed by atoms with E-state index >= 15 is 0 Å². The lowest BCUT2D eigenvalue weighted by molar-refractivity contribution is -0.341. The average molecular weight is 479 g/mol. The van der Waals surface area contributed by atoms with E-state index in [2.05, 4.69) is 13.8 Å². The van der Waals surface area contributed by atoms with E-state index in [0.29, 0.717) is 0 Å². The van der Waals surface area contributed by atoms with Crippen molar-refractivity contribution in [2.24, 2.45) is 17.8 Å². The Morgan fingerprint density at radius 2 is 1.30 bits per heavy atom. The quantitative estimate of drug-likeness (QED) is 0.237. The predicted octanol–water partition coefficient (Wildman–Crippen LogP) is 0.561. The lowest BCUT2D eigenvalue weighted by atomic mass is 9.78.